The Labute approximate surface area is 180 Å². The monoisotopic (exact) mass is 410 g/mol. The summed E-state index contributed by atoms with van der Waals surface area (Å²) in [4.78, 5) is 0. The Morgan fingerprint density at radius 2 is 1.15 bits per heavy atom. The van der Waals surface area contributed by atoms with Crippen LogP contribution in [0.5, 0.6) is 0 Å². The van der Waals surface area contributed by atoms with Gasteiger partial charge in [0.05, 0.1) is 0 Å². The van der Waals surface area contributed by atoms with Crippen LogP contribution >= 0.6 is 0 Å². The average molecular weight is 410 g/mol. The minimum atomic E-state index is 0. The van der Waals surface area contributed by atoms with Crippen LogP contribution < -0.4 is 0 Å². The molecule has 0 spiro atoms. The van der Waals surface area contributed by atoms with Crippen LogP contribution in [-0.2, 0) is 29.9 Å². The molecule has 27 heavy (non-hydrogen) atoms. The molecule has 0 saturated heterocycles. The van der Waals surface area contributed by atoms with E-state index >= 15 is 0 Å². The molecule has 2 aromatic carbocycles. The fourth-order valence-electron chi connectivity index (χ4n) is 3.40. The molecule has 1 heteroatoms. The maximum absolute atomic E-state index is 2.46. The van der Waals surface area contributed by atoms with Crippen molar-refractivity contribution in [2.24, 2.45) is 0 Å². The number of unbranched alkanes of at least 4 members (excludes halogenated alkanes) is 10. The third-order valence-electron chi connectivity index (χ3n) is 5.08. The fraction of sp³-hybridized carbons (Fsp3) is 0.615. The average Bonchev–Trinajstić information content (AvgIpc) is 3.36. The van der Waals surface area contributed by atoms with Gasteiger partial charge in [0.1, 0.15) is 0 Å². The largest absolute Gasteiger partial charge is 0.748 e. The van der Waals surface area contributed by atoms with Crippen LogP contribution in [0.4, 0.5) is 0 Å². The van der Waals surface area contributed by atoms with Crippen molar-refractivity contribution in [3.63, 3.8) is 0 Å². The van der Waals surface area contributed by atoms with Crippen LogP contribution in [0.3, 0.4) is 0 Å². The molecule has 0 nitrogen and oxygen atoms in total. The van der Waals surface area contributed by atoms with E-state index in [-0.39, 0.29) is 17.1 Å². The summed E-state index contributed by atoms with van der Waals surface area (Å²) < 4.78 is 0. The molecule has 160 valence electrons. The number of hydrogen-bond acceptors (Lipinski definition) is 0. The third kappa shape index (κ3) is 15.9. The molecular formula is C26H42Fe-6. The Bertz CT molecular complexity index is 432. The van der Waals surface area contributed by atoms with Crippen LogP contribution in [0.15, 0.2) is 48.5 Å². The van der Waals surface area contributed by atoms with Crippen molar-refractivity contribution in [2.75, 3.05) is 0 Å². The predicted molar refractivity (Wildman–Crippen MR) is 118 cm³/mol. The molecule has 0 atom stereocenters. The minimum absolute atomic E-state index is 0. The molecule has 0 aromatic heterocycles. The molecule has 0 saturated carbocycles. The van der Waals surface area contributed by atoms with Crippen molar-refractivity contribution in [3.05, 3.63) is 59.7 Å². The molecule has 0 unspecified atom stereocenters. The first-order chi connectivity index (χ1) is 12.9. The summed E-state index contributed by atoms with van der Waals surface area (Å²) in [6.07, 6.45) is 19.4. The first-order valence-corrected chi connectivity index (χ1v) is 11.3. The van der Waals surface area contributed by atoms with Crippen molar-refractivity contribution in [1.29, 1.82) is 0 Å². The van der Waals surface area contributed by atoms with Crippen LogP contribution in [0, 0.1) is 0 Å². The van der Waals surface area contributed by atoms with Crippen LogP contribution in [0.1, 0.15) is 102 Å². The second-order valence-electron chi connectivity index (χ2n) is 7.63. The van der Waals surface area contributed by atoms with E-state index < -0.39 is 0 Å². The maximum atomic E-state index is 2.46. The Kier molecular flexibility index (Phi) is 19.4. The first kappa shape index (κ1) is 26.2. The molecule has 0 N–H and O–H groups in total. The Morgan fingerprint density at radius 3 is 1.70 bits per heavy atom. The molecule has 2 rings (SSSR count). The third-order valence-corrected chi connectivity index (χ3v) is 5.08. The van der Waals surface area contributed by atoms with Gasteiger partial charge in [0.2, 0.25) is 0 Å². The molecule has 0 fully saturated rings. The molecule has 2 aromatic rings. The molecular weight excluding hydrogens is 368 g/mol. The summed E-state index contributed by atoms with van der Waals surface area (Å²) in [5, 5.41) is 0. The number of aryl methyl sites for hydroxylation is 2. The van der Waals surface area contributed by atoms with Crippen LogP contribution in [0.2, 0.25) is 0 Å². The molecule has 0 aliphatic heterocycles. The van der Waals surface area contributed by atoms with Crippen molar-refractivity contribution >= 4 is 0 Å². The van der Waals surface area contributed by atoms with E-state index in [1.165, 1.54) is 89.9 Å². The standard InChI is InChI=1S/C21H37.C5H5.Fe/c1-3-5-7-9-11-13-15-20-17-18-21(19-20)16-14-12-10-8-6-4-2;1-2-4-5-3-1;/h17-19H,3-16H2,1-2H3;1-5H;/q-1;-5;. The number of hydrogen-bond donors (Lipinski definition) is 0. The van der Waals surface area contributed by atoms with E-state index in [0.29, 0.717) is 0 Å². The topological polar surface area (TPSA) is 0 Å². The van der Waals surface area contributed by atoms with Gasteiger partial charge in [-0.2, -0.15) is 23.3 Å². The van der Waals surface area contributed by atoms with Crippen molar-refractivity contribution < 1.29 is 17.1 Å². The second kappa shape index (κ2) is 20.0. The minimum Gasteiger partial charge on any atom is -0.748 e. The van der Waals surface area contributed by atoms with E-state index in [4.69, 9.17) is 0 Å². The summed E-state index contributed by atoms with van der Waals surface area (Å²) in [6.45, 7) is 4.57. The van der Waals surface area contributed by atoms with Gasteiger partial charge in [0.15, 0.2) is 0 Å². The molecule has 0 heterocycles. The summed E-state index contributed by atoms with van der Waals surface area (Å²) >= 11 is 0. The van der Waals surface area contributed by atoms with Gasteiger partial charge in [-0.3, -0.25) is 0 Å². The quantitative estimate of drug-likeness (QED) is 0.166. The smallest absolute Gasteiger partial charge is 0 e. The van der Waals surface area contributed by atoms with Gasteiger partial charge in [-0.05, 0) is 0 Å². The van der Waals surface area contributed by atoms with Crippen molar-refractivity contribution in [2.45, 2.75) is 104 Å². The Morgan fingerprint density at radius 1 is 0.667 bits per heavy atom. The van der Waals surface area contributed by atoms with E-state index in [0.717, 1.165) is 0 Å². The van der Waals surface area contributed by atoms with E-state index in [9.17, 15) is 0 Å². The van der Waals surface area contributed by atoms with E-state index in [1.54, 1.807) is 11.1 Å². The molecule has 0 aliphatic carbocycles. The first-order valence-electron chi connectivity index (χ1n) is 11.3. The van der Waals surface area contributed by atoms with Crippen molar-refractivity contribution in [1.82, 2.24) is 0 Å². The van der Waals surface area contributed by atoms with Gasteiger partial charge in [-0.1, -0.05) is 104 Å². The second-order valence-corrected chi connectivity index (χ2v) is 7.63. The van der Waals surface area contributed by atoms with Crippen molar-refractivity contribution in [3.8, 4) is 0 Å². The summed E-state index contributed by atoms with van der Waals surface area (Å²) in [5.74, 6) is 0. The summed E-state index contributed by atoms with van der Waals surface area (Å²) in [5.41, 5.74) is 3.15. The van der Waals surface area contributed by atoms with Crippen LogP contribution in [-0.4, -0.2) is 0 Å². The van der Waals surface area contributed by atoms with Gasteiger partial charge >= 0.3 is 0 Å². The Hall–Kier alpha value is -0.781. The zero-order valence-electron chi connectivity index (χ0n) is 17.9. The molecule has 0 amide bonds. The molecule has 0 radical (unpaired) electrons. The zero-order valence-corrected chi connectivity index (χ0v) is 19.0. The predicted octanol–water partition coefficient (Wildman–Crippen LogP) is 8.61. The van der Waals surface area contributed by atoms with Crippen LogP contribution in [0.25, 0.3) is 0 Å². The van der Waals surface area contributed by atoms with Gasteiger partial charge in [-0.15, -0.1) is 0 Å². The summed E-state index contributed by atoms with van der Waals surface area (Å²) in [6, 6.07) is 17.2. The maximum Gasteiger partial charge on any atom is 0 e. The van der Waals surface area contributed by atoms with Gasteiger partial charge in [-0.25, -0.2) is 6.07 Å². The SMILES string of the molecule is CCCCCCCCc1cc[c-](CCCCCCCC)c1.[Fe].[cH-]1[cH-][cH-][cH-][cH-]1. The van der Waals surface area contributed by atoms with Gasteiger partial charge in [0, 0.05) is 17.1 Å². The zero-order chi connectivity index (χ0) is 18.7. The molecule has 0 bridgehead atoms. The fourth-order valence-corrected chi connectivity index (χ4v) is 3.40. The normalized spacial score (nSPS) is 10.1. The van der Waals surface area contributed by atoms with Gasteiger partial charge in [0.25, 0.3) is 0 Å². The van der Waals surface area contributed by atoms with Gasteiger partial charge < -0.3 is 30.3 Å². The number of rotatable bonds is 14. The summed E-state index contributed by atoms with van der Waals surface area (Å²) in [7, 11) is 0. The Balaban J connectivity index is 0.000000969. The molecule has 0 aliphatic rings. The van der Waals surface area contributed by atoms with E-state index in [1.807, 2.05) is 30.3 Å². The van der Waals surface area contributed by atoms with E-state index in [2.05, 4.69) is 32.0 Å².